The molecular formula is C79H148O17P2. The maximum Gasteiger partial charge on any atom is 0.472 e. The Morgan fingerprint density at radius 1 is 0.276 bits per heavy atom. The van der Waals surface area contributed by atoms with E-state index in [0.29, 0.717) is 25.7 Å². The second-order valence-electron chi connectivity index (χ2n) is 27.4. The van der Waals surface area contributed by atoms with Crippen molar-refractivity contribution in [2.75, 3.05) is 39.6 Å². The minimum absolute atomic E-state index is 0.0947. The van der Waals surface area contributed by atoms with Gasteiger partial charge in [-0.05, 0) is 103 Å². The minimum Gasteiger partial charge on any atom is -0.462 e. The summed E-state index contributed by atoms with van der Waals surface area (Å²) in [5, 5.41) is 10.6. The van der Waals surface area contributed by atoms with Crippen molar-refractivity contribution in [1.29, 1.82) is 0 Å². The Bertz CT molecular complexity index is 2000. The number of carbonyl (C=O) groups is 4. The van der Waals surface area contributed by atoms with Crippen LogP contribution in [0.3, 0.4) is 0 Å². The quantitative estimate of drug-likeness (QED) is 0.0169. The topological polar surface area (TPSA) is 237 Å². The first-order valence-electron chi connectivity index (χ1n) is 40.2. The molecular weight excluding hydrogens is 1280 g/mol. The largest absolute Gasteiger partial charge is 0.472 e. The van der Waals surface area contributed by atoms with Crippen molar-refractivity contribution in [3.8, 4) is 0 Å². The van der Waals surface area contributed by atoms with Crippen molar-refractivity contribution in [3.05, 3.63) is 36.5 Å². The van der Waals surface area contributed by atoms with Crippen LogP contribution in [-0.4, -0.2) is 96.7 Å². The number of phosphoric ester groups is 2. The van der Waals surface area contributed by atoms with Crippen LogP contribution in [0, 0.1) is 0 Å². The lowest BCUT2D eigenvalue weighted by molar-refractivity contribution is -0.161. The van der Waals surface area contributed by atoms with Crippen LogP contribution in [0.5, 0.6) is 0 Å². The third kappa shape index (κ3) is 71.7. The number of rotatable bonds is 77. The highest BCUT2D eigenvalue weighted by Gasteiger charge is 2.30. The van der Waals surface area contributed by atoms with E-state index in [1.807, 2.05) is 0 Å². The number of aliphatic hydroxyl groups excluding tert-OH is 1. The van der Waals surface area contributed by atoms with E-state index in [1.54, 1.807) is 0 Å². The Morgan fingerprint density at radius 2 is 0.469 bits per heavy atom. The molecule has 0 amide bonds. The number of esters is 4. The van der Waals surface area contributed by atoms with Gasteiger partial charge in [-0.1, -0.05) is 295 Å². The monoisotopic (exact) mass is 1430 g/mol. The molecule has 0 aromatic heterocycles. The van der Waals surface area contributed by atoms with Gasteiger partial charge in [0.2, 0.25) is 0 Å². The summed E-state index contributed by atoms with van der Waals surface area (Å²) in [4.78, 5) is 72.9. The van der Waals surface area contributed by atoms with Crippen LogP contribution < -0.4 is 0 Å². The number of carbonyl (C=O) groups excluding carboxylic acids is 4. The lowest BCUT2D eigenvalue weighted by Crippen LogP contribution is -2.30. The summed E-state index contributed by atoms with van der Waals surface area (Å²) in [6, 6.07) is 0. The number of hydrogen-bond donors (Lipinski definition) is 3. The van der Waals surface area contributed by atoms with Crippen LogP contribution in [0.15, 0.2) is 36.5 Å². The SMILES string of the molecule is CCCCCC/C=C\CCCCCCCCCC(=O)OC[C@H](COP(=O)(O)OC[C@@H](O)COP(=O)(O)OC[C@@H](COC(=O)CCCCCCC/C=C\CCCCCC)OC(=O)CCCCCCCCC/C=C\CCCCCC)OC(=O)CCCCCCCCCCCCCCCCC. The number of allylic oxidation sites excluding steroid dienone is 6. The molecule has 0 aliphatic rings. The molecule has 3 N–H and O–H groups in total. The zero-order valence-electron chi connectivity index (χ0n) is 63.0. The van der Waals surface area contributed by atoms with Crippen LogP contribution in [0.2, 0.25) is 0 Å². The summed E-state index contributed by atoms with van der Waals surface area (Å²) in [6.07, 6.45) is 68.3. The molecule has 0 aliphatic carbocycles. The van der Waals surface area contributed by atoms with Crippen LogP contribution in [0.1, 0.15) is 387 Å². The molecule has 19 heteroatoms. The van der Waals surface area contributed by atoms with E-state index in [2.05, 4.69) is 64.2 Å². The molecule has 17 nitrogen and oxygen atoms in total. The number of hydrogen-bond acceptors (Lipinski definition) is 15. The minimum atomic E-state index is -4.97. The smallest absolute Gasteiger partial charge is 0.462 e. The Balaban J connectivity index is 5.31. The van der Waals surface area contributed by atoms with Crippen LogP contribution in [-0.2, 0) is 65.4 Å². The van der Waals surface area contributed by atoms with Crippen molar-refractivity contribution in [3.63, 3.8) is 0 Å². The summed E-state index contributed by atoms with van der Waals surface area (Å²) in [5.41, 5.74) is 0. The van der Waals surface area contributed by atoms with Crippen LogP contribution in [0.4, 0.5) is 0 Å². The van der Waals surface area contributed by atoms with Crippen molar-refractivity contribution in [2.24, 2.45) is 0 Å². The van der Waals surface area contributed by atoms with E-state index in [1.165, 1.54) is 154 Å². The average molecular weight is 1430 g/mol. The Morgan fingerprint density at radius 3 is 0.714 bits per heavy atom. The van der Waals surface area contributed by atoms with Gasteiger partial charge in [0, 0.05) is 25.7 Å². The molecule has 0 bridgehead atoms. The number of aliphatic hydroxyl groups is 1. The molecule has 576 valence electrons. The molecule has 0 spiro atoms. The van der Waals surface area contributed by atoms with Crippen LogP contribution in [0.25, 0.3) is 0 Å². The predicted octanol–water partition coefficient (Wildman–Crippen LogP) is 23.1. The van der Waals surface area contributed by atoms with Gasteiger partial charge >= 0.3 is 39.5 Å². The molecule has 0 aliphatic heterocycles. The molecule has 0 radical (unpaired) electrons. The van der Waals surface area contributed by atoms with E-state index in [-0.39, 0.29) is 25.7 Å². The zero-order valence-corrected chi connectivity index (χ0v) is 64.8. The molecule has 0 rings (SSSR count). The first-order chi connectivity index (χ1) is 47.7. The molecule has 5 atom stereocenters. The average Bonchev–Trinajstić information content (AvgIpc) is 1.04. The molecule has 98 heavy (non-hydrogen) atoms. The maximum atomic E-state index is 13.1. The van der Waals surface area contributed by atoms with E-state index < -0.39 is 97.5 Å². The van der Waals surface area contributed by atoms with Gasteiger partial charge in [0.1, 0.15) is 19.3 Å². The fraction of sp³-hybridized carbons (Fsp3) is 0.873. The highest BCUT2D eigenvalue weighted by atomic mass is 31.2. The fourth-order valence-electron chi connectivity index (χ4n) is 11.4. The highest BCUT2D eigenvalue weighted by Crippen LogP contribution is 2.45. The third-order valence-corrected chi connectivity index (χ3v) is 19.5. The van der Waals surface area contributed by atoms with Gasteiger partial charge < -0.3 is 33.8 Å². The van der Waals surface area contributed by atoms with Crippen molar-refractivity contribution >= 4 is 39.5 Å². The number of ether oxygens (including phenoxy) is 4. The summed E-state index contributed by atoms with van der Waals surface area (Å²) in [7, 11) is -9.93. The highest BCUT2D eigenvalue weighted by molar-refractivity contribution is 7.47. The van der Waals surface area contributed by atoms with E-state index in [9.17, 15) is 43.2 Å². The fourth-order valence-corrected chi connectivity index (χ4v) is 13.0. The van der Waals surface area contributed by atoms with Gasteiger partial charge in [0.25, 0.3) is 0 Å². The molecule has 0 fully saturated rings. The summed E-state index contributed by atoms with van der Waals surface area (Å²) < 4.78 is 68.6. The van der Waals surface area contributed by atoms with Gasteiger partial charge in [-0.25, -0.2) is 9.13 Å². The van der Waals surface area contributed by atoms with Gasteiger partial charge in [0.15, 0.2) is 12.2 Å². The normalized spacial score (nSPS) is 14.1. The van der Waals surface area contributed by atoms with E-state index >= 15 is 0 Å². The first-order valence-corrected chi connectivity index (χ1v) is 43.2. The zero-order chi connectivity index (χ0) is 71.8. The number of phosphoric acid groups is 2. The Kier molecular flexibility index (Phi) is 70.6. The summed E-state index contributed by atoms with van der Waals surface area (Å²) >= 11 is 0. The molecule has 0 aromatic carbocycles. The van der Waals surface area contributed by atoms with E-state index in [4.69, 9.17) is 37.0 Å². The van der Waals surface area contributed by atoms with Crippen LogP contribution >= 0.6 is 15.6 Å². The third-order valence-electron chi connectivity index (χ3n) is 17.6. The van der Waals surface area contributed by atoms with Crippen molar-refractivity contribution in [1.82, 2.24) is 0 Å². The van der Waals surface area contributed by atoms with Crippen molar-refractivity contribution < 1.29 is 80.2 Å². The second kappa shape index (κ2) is 72.6. The van der Waals surface area contributed by atoms with E-state index in [0.717, 1.165) is 154 Å². The summed E-state index contributed by atoms with van der Waals surface area (Å²) in [6.45, 7) is 4.91. The van der Waals surface area contributed by atoms with Gasteiger partial charge in [-0.2, -0.15) is 0 Å². The van der Waals surface area contributed by atoms with Crippen molar-refractivity contribution in [2.45, 2.75) is 406 Å². The number of unbranched alkanes of at least 4 members (excludes halogenated alkanes) is 45. The summed E-state index contributed by atoms with van der Waals surface area (Å²) in [5.74, 6) is -2.15. The Labute approximate surface area is 598 Å². The molecule has 0 heterocycles. The second-order valence-corrected chi connectivity index (χ2v) is 30.3. The first kappa shape index (κ1) is 95.3. The Hall–Kier alpha value is -2.72. The standard InChI is InChI=1S/C79H148O17P2/c1-5-9-13-17-21-25-29-33-36-40-44-48-52-56-60-64-77(82)90-70-75(96-79(84)66-62-58-54-50-46-42-38-35-31-27-23-19-15-11-7-3)72-94-98(87,88)92-68-73(80)67-91-97(85,86)93-71-74(69-89-76(81)63-59-55-51-47-43-39-32-28-24-20-16-12-8-4)95-78(83)65-61-57-53-49-45-41-37-34-30-26-22-18-14-10-6-2/h25-26,28-30,32,73-75,80H,5-24,27,31,33-72H2,1-4H3,(H,85,86)(H,87,88)/b29-25-,30-26-,32-28-/t73-,74+,75+/m0/s1. The van der Waals surface area contributed by atoms with Gasteiger partial charge in [-0.15, -0.1) is 0 Å². The molecule has 2 unspecified atom stereocenters. The molecule has 0 aromatic rings. The molecule has 0 saturated carbocycles. The lowest BCUT2D eigenvalue weighted by Gasteiger charge is -2.21. The van der Waals surface area contributed by atoms with Gasteiger partial charge in [0.05, 0.1) is 26.4 Å². The van der Waals surface area contributed by atoms with Gasteiger partial charge in [-0.3, -0.25) is 37.3 Å². The lowest BCUT2D eigenvalue weighted by atomic mass is 10.0. The maximum absolute atomic E-state index is 13.1. The molecule has 0 saturated heterocycles. The predicted molar refractivity (Wildman–Crippen MR) is 400 cm³/mol.